The van der Waals surface area contributed by atoms with E-state index in [0.29, 0.717) is 23.7 Å². The van der Waals surface area contributed by atoms with Crippen molar-refractivity contribution in [3.05, 3.63) is 35.9 Å². The van der Waals surface area contributed by atoms with Gasteiger partial charge in [0.05, 0.1) is 14.2 Å². The van der Waals surface area contributed by atoms with Crippen molar-refractivity contribution in [1.29, 1.82) is 0 Å². The monoisotopic (exact) mass is 302 g/mol. The van der Waals surface area contributed by atoms with Gasteiger partial charge < -0.3 is 14.6 Å². The van der Waals surface area contributed by atoms with Crippen LogP contribution in [0.15, 0.2) is 30.4 Å². The van der Waals surface area contributed by atoms with Gasteiger partial charge >= 0.3 is 5.97 Å². The normalized spacial score (nSPS) is 28.8. The van der Waals surface area contributed by atoms with E-state index in [4.69, 9.17) is 14.6 Å². The molecule has 0 heterocycles. The fraction of sp³-hybridized carbons (Fsp3) is 0.500. The van der Waals surface area contributed by atoms with Gasteiger partial charge in [0, 0.05) is 12.5 Å². The molecule has 0 spiro atoms. The fourth-order valence-corrected chi connectivity index (χ4v) is 4.16. The van der Waals surface area contributed by atoms with Crippen LogP contribution in [0, 0.1) is 17.8 Å². The molecular weight excluding hydrogens is 280 g/mol. The van der Waals surface area contributed by atoms with E-state index in [9.17, 15) is 4.79 Å². The van der Waals surface area contributed by atoms with Crippen molar-refractivity contribution in [2.45, 2.75) is 25.2 Å². The molecule has 0 amide bonds. The number of carbonyl (C=O) groups is 1. The van der Waals surface area contributed by atoms with Crippen LogP contribution in [0.5, 0.6) is 11.5 Å². The maximum atomic E-state index is 11.0. The highest BCUT2D eigenvalue weighted by Crippen LogP contribution is 2.56. The summed E-state index contributed by atoms with van der Waals surface area (Å²) in [5.41, 5.74) is 1.18. The van der Waals surface area contributed by atoms with Crippen molar-refractivity contribution >= 4 is 5.97 Å². The molecule has 1 fully saturated rings. The minimum absolute atomic E-state index is 0.233. The maximum absolute atomic E-state index is 11.0. The third kappa shape index (κ3) is 2.58. The molecule has 2 aliphatic rings. The Hall–Kier alpha value is -1.97. The Morgan fingerprint density at radius 1 is 1.23 bits per heavy atom. The Labute approximate surface area is 130 Å². The number of methoxy groups -OCH3 is 2. The number of ether oxygens (including phenoxy) is 2. The molecule has 0 radical (unpaired) electrons. The number of carboxylic acid groups (broad SMARTS) is 1. The summed E-state index contributed by atoms with van der Waals surface area (Å²) >= 11 is 0. The zero-order valence-electron chi connectivity index (χ0n) is 13.0. The van der Waals surface area contributed by atoms with Crippen molar-refractivity contribution in [3.63, 3.8) is 0 Å². The highest BCUT2D eigenvalue weighted by atomic mass is 16.5. The number of benzene rings is 1. The first-order valence-electron chi connectivity index (χ1n) is 7.76. The van der Waals surface area contributed by atoms with Gasteiger partial charge in [-0.1, -0.05) is 18.2 Å². The van der Waals surface area contributed by atoms with Gasteiger partial charge in [-0.2, -0.15) is 0 Å². The molecule has 4 atom stereocenters. The Morgan fingerprint density at radius 3 is 2.68 bits per heavy atom. The van der Waals surface area contributed by atoms with Crippen molar-refractivity contribution < 1.29 is 19.4 Å². The lowest BCUT2D eigenvalue weighted by molar-refractivity contribution is -0.137. The van der Waals surface area contributed by atoms with Crippen LogP contribution in [-0.2, 0) is 4.79 Å². The molecule has 22 heavy (non-hydrogen) atoms. The predicted molar refractivity (Wildman–Crippen MR) is 83.4 cm³/mol. The third-order valence-corrected chi connectivity index (χ3v) is 5.11. The maximum Gasteiger partial charge on any atom is 0.303 e. The van der Waals surface area contributed by atoms with Crippen LogP contribution in [-0.4, -0.2) is 25.3 Å². The third-order valence-electron chi connectivity index (χ3n) is 5.11. The first-order valence-corrected chi connectivity index (χ1v) is 7.76. The van der Waals surface area contributed by atoms with E-state index >= 15 is 0 Å². The van der Waals surface area contributed by atoms with Crippen molar-refractivity contribution in [2.24, 2.45) is 17.8 Å². The number of allylic oxidation sites excluding steroid dienone is 2. The molecule has 1 aromatic carbocycles. The number of hydrogen-bond donors (Lipinski definition) is 1. The summed E-state index contributed by atoms with van der Waals surface area (Å²) in [5, 5.41) is 9.01. The van der Waals surface area contributed by atoms with E-state index in [1.165, 1.54) is 5.56 Å². The molecule has 1 aromatic rings. The summed E-state index contributed by atoms with van der Waals surface area (Å²) in [7, 11) is 3.32. The topological polar surface area (TPSA) is 55.8 Å². The van der Waals surface area contributed by atoms with Crippen LogP contribution < -0.4 is 9.47 Å². The molecule has 4 nitrogen and oxygen atoms in total. The van der Waals surface area contributed by atoms with Crippen LogP contribution in [0.2, 0.25) is 0 Å². The largest absolute Gasteiger partial charge is 0.497 e. The summed E-state index contributed by atoms with van der Waals surface area (Å²) in [6.45, 7) is 0. The Morgan fingerprint density at radius 2 is 2.00 bits per heavy atom. The lowest BCUT2D eigenvalue weighted by Gasteiger charge is -2.29. The van der Waals surface area contributed by atoms with E-state index in [2.05, 4.69) is 18.2 Å². The van der Waals surface area contributed by atoms with Gasteiger partial charge in [-0.05, 0) is 48.1 Å². The summed E-state index contributed by atoms with van der Waals surface area (Å²) in [4.78, 5) is 11.0. The Bertz CT molecular complexity index is 593. The first-order chi connectivity index (χ1) is 10.6. The fourth-order valence-electron chi connectivity index (χ4n) is 4.16. The second-order valence-corrected chi connectivity index (χ2v) is 6.18. The number of fused-ring (bicyclic) bond motifs is 2. The SMILES string of the molecule is COc1ccc(C2C3C=CC(C3)C2CCC(=O)O)c(OC)c1. The van der Waals surface area contributed by atoms with Gasteiger partial charge in [-0.25, -0.2) is 0 Å². The van der Waals surface area contributed by atoms with Crippen molar-refractivity contribution in [2.75, 3.05) is 14.2 Å². The first kappa shape index (κ1) is 14.9. The molecule has 2 aliphatic carbocycles. The molecule has 1 saturated carbocycles. The van der Waals surface area contributed by atoms with E-state index in [-0.39, 0.29) is 6.42 Å². The van der Waals surface area contributed by atoms with E-state index in [0.717, 1.165) is 24.3 Å². The van der Waals surface area contributed by atoms with E-state index < -0.39 is 5.97 Å². The van der Waals surface area contributed by atoms with Gasteiger partial charge in [0.25, 0.3) is 0 Å². The lowest BCUT2D eigenvalue weighted by Crippen LogP contribution is -2.19. The van der Waals surface area contributed by atoms with E-state index in [1.807, 2.05) is 12.1 Å². The lowest BCUT2D eigenvalue weighted by atomic mass is 9.76. The van der Waals surface area contributed by atoms with Crippen molar-refractivity contribution in [1.82, 2.24) is 0 Å². The van der Waals surface area contributed by atoms with Crippen LogP contribution in [0.25, 0.3) is 0 Å². The van der Waals surface area contributed by atoms with Crippen LogP contribution >= 0.6 is 0 Å². The predicted octanol–water partition coefficient (Wildman–Crippen LogP) is 3.47. The van der Waals surface area contributed by atoms with Crippen LogP contribution in [0.3, 0.4) is 0 Å². The van der Waals surface area contributed by atoms with Gasteiger partial charge in [-0.3, -0.25) is 4.79 Å². The Balaban J connectivity index is 1.91. The van der Waals surface area contributed by atoms with Gasteiger partial charge in [0.15, 0.2) is 0 Å². The minimum Gasteiger partial charge on any atom is -0.497 e. The number of carboxylic acids is 1. The molecule has 2 bridgehead atoms. The molecule has 0 saturated heterocycles. The highest BCUT2D eigenvalue weighted by molar-refractivity contribution is 5.66. The quantitative estimate of drug-likeness (QED) is 0.817. The summed E-state index contributed by atoms with van der Waals surface area (Å²) in [6.07, 6.45) is 6.64. The molecule has 4 unspecified atom stereocenters. The molecule has 3 rings (SSSR count). The van der Waals surface area contributed by atoms with E-state index in [1.54, 1.807) is 14.2 Å². The zero-order valence-corrected chi connectivity index (χ0v) is 13.0. The smallest absolute Gasteiger partial charge is 0.303 e. The number of aliphatic carboxylic acids is 1. The van der Waals surface area contributed by atoms with Gasteiger partial charge in [-0.15, -0.1) is 0 Å². The average molecular weight is 302 g/mol. The molecule has 4 heteroatoms. The second-order valence-electron chi connectivity index (χ2n) is 6.18. The standard InChI is InChI=1S/C18H22O4/c1-21-13-5-6-15(16(10-13)22-2)18-12-4-3-11(9-12)14(18)7-8-17(19)20/h3-6,10-12,14,18H,7-9H2,1-2H3,(H,19,20). The van der Waals surface area contributed by atoms with Gasteiger partial charge in [0.2, 0.25) is 0 Å². The average Bonchev–Trinajstić information content (AvgIpc) is 3.13. The van der Waals surface area contributed by atoms with Crippen LogP contribution in [0.1, 0.15) is 30.7 Å². The molecule has 0 aliphatic heterocycles. The summed E-state index contributed by atoms with van der Waals surface area (Å²) in [6, 6.07) is 5.95. The molecule has 0 aromatic heterocycles. The number of hydrogen-bond acceptors (Lipinski definition) is 3. The second kappa shape index (κ2) is 6.03. The molecule has 118 valence electrons. The summed E-state index contributed by atoms with van der Waals surface area (Å²) in [5.74, 6) is 2.62. The molecular formula is C18H22O4. The van der Waals surface area contributed by atoms with Crippen LogP contribution in [0.4, 0.5) is 0 Å². The Kier molecular flexibility index (Phi) is 4.10. The highest BCUT2D eigenvalue weighted by Gasteiger charge is 2.45. The van der Waals surface area contributed by atoms with Crippen molar-refractivity contribution in [3.8, 4) is 11.5 Å². The summed E-state index contributed by atoms with van der Waals surface area (Å²) < 4.78 is 10.8. The van der Waals surface area contributed by atoms with Gasteiger partial charge in [0.1, 0.15) is 11.5 Å². The zero-order chi connectivity index (χ0) is 15.7. The molecule has 1 N–H and O–H groups in total. The minimum atomic E-state index is -0.716. The number of rotatable bonds is 6.